The first-order valence-corrected chi connectivity index (χ1v) is 7.51. The molecule has 3 heterocycles. The Morgan fingerprint density at radius 1 is 1.13 bits per heavy atom. The number of aliphatic hydroxyl groups is 2. The van der Waals surface area contributed by atoms with Crippen LogP contribution in [0.2, 0.25) is 0 Å². The fourth-order valence-corrected chi connectivity index (χ4v) is 3.07. The third-order valence-corrected chi connectivity index (χ3v) is 4.67. The predicted octanol–water partition coefficient (Wildman–Crippen LogP) is -1.61. The van der Waals surface area contributed by atoms with Crippen molar-refractivity contribution in [3.05, 3.63) is 20.8 Å². The van der Waals surface area contributed by atoms with Crippen molar-refractivity contribution in [3.63, 3.8) is 0 Å². The van der Waals surface area contributed by atoms with Gasteiger partial charge >= 0.3 is 5.69 Å². The number of hydrogen-bond acceptors (Lipinski definition) is 6. The van der Waals surface area contributed by atoms with E-state index >= 15 is 0 Å². The molecule has 0 radical (unpaired) electrons. The normalized spacial score (nSPS) is 15.3. The first-order valence-electron chi connectivity index (χ1n) is 7.51. The largest absolute Gasteiger partial charge is 0.394 e. The molecule has 2 aromatic heterocycles. The highest BCUT2D eigenvalue weighted by molar-refractivity contribution is 5.75. The maximum Gasteiger partial charge on any atom is 0.332 e. The molecule has 2 aromatic rings. The summed E-state index contributed by atoms with van der Waals surface area (Å²) in [5, 5.41) is 19.4. The van der Waals surface area contributed by atoms with Gasteiger partial charge in [-0.25, -0.2) is 4.79 Å². The van der Waals surface area contributed by atoms with Gasteiger partial charge in [0.25, 0.3) is 5.56 Å². The van der Waals surface area contributed by atoms with E-state index in [2.05, 4.69) is 4.98 Å². The molecule has 0 aliphatic carbocycles. The molecule has 9 heteroatoms. The molecule has 9 nitrogen and oxygen atoms in total. The van der Waals surface area contributed by atoms with Crippen LogP contribution in [0.25, 0.3) is 11.2 Å². The van der Waals surface area contributed by atoms with E-state index in [4.69, 9.17) is 0 Å². The van der Waals surface area contributed by atoms with Crippen molar-refractivity contribution < 1.29 is 10.2 Å². The van der Waals surface area contributed by atoms with Gasteiger partial charge in [0.15, 0.2) is 11.2 Å². The quantitative estimate of drug-likeness (QED) is 0.704. The fraction of sp³-hybridized carbons (Fsp3) is 0.643. The van der Waals surface area contributed by atoms with E-state index in [-0.39, 0.29) is 13.2 Å². The molecule has 0 atom stereocenters. The zero-order chi connectivity index (χ0) is 16.9. The Kier molecular flexibility index (Phi) is 3.56. The van der Waals surface area contributed by atoms with E-state index in [0.717, 1.165) is 11.0 Å². The van der Waals surface area contributed by atoms with E-state index in [1.165, 1.54) is 11.6 Å². The van der Waals surface area contributed by atoms with Crippen LogP contribution in [0.4, 0.5) is 5.95 Å². The van der Waals surface area contributed by atoms with E-state index in [0.29, 0.717) is 30.2 Å². The molecule has 0 fully saturated rings. The number of aliphatic hydroxyl groups excluding tert-OH is 2. The minimum atomic E-state index is -0.885. The lowest BCUT2D eigenvalue weighted by atomic mass is 10.0. The molecule has 0 bridgehead atoms. The Balaban J connectivity index is 2.35. The summed E-state index contributed by atoms with van der Waals surface area (Å²) in [7, 11) is 3.01. The van der Waals surface area contributed by atoms with Crippen LogP contribution in [0.3, 0.4) is 0 Å². The number of imidazole rings is 1. The first kappa shape index (κ1) is 15.8. The molecule has 1 aliphatic rings. The highest BCUT2D eigenvalue weighted by atomic mass is 16.3. The lowest BCUT2D eigenvalue weighted by Crippen LogP contribution is -2.55. The van der Waals surface area contributed by atoms with Gasteiger partial charge in [-0.2, -0.15) is 4.98 Å². The zero-order valence-corrected chi connectivity index (χ0v) is 13.5. The van der Waals surface area contributed by atoms with Crippen LogP contribution in [0, 0.1) is 0 Å². The van der Waals surface area contributed by atoms with Gasteiger partial charge in [-0.05, 0) is 13.3 Å². The van der Waals surface area contributed by atoms with Gasteiger partial charge in [0.2, 0.25) is 5.95 Å². The summed E-state index contributed by atoms with van der Waals surface area (Å²) >= 11 is 0. The van der Waals surface area contributed by atoms with Crippen molar-refractivity contribution in [2.45, 2.75) is 25.4 Å². The Morgan fingerprint density at radius 3 is 2.39 bits per heavy atom. The molecule has 0 spiro atoms. The molecular weight excluding hydrogens is 302 g/mol. The summed E-state index contributed by atoms with van der Waals surface area (Å²) in [4.78, 5) is 30.9. The standard InChI is InChI=1S/C14H21N5O4/c1-14(7-20,8-21)19-6-4-5-18-9-10(15-12(18)19)16(2)13(23)17(3)11(9)22/h20-21H,4-8H2,1-3H3. The summed E-state index contributed by atoms with van der Waals surface area (Å²) in [5.41, 5.74) is -1.02. The predicted molar refractivity (Wildman–Crippen MR) is 84.8 cm³/mol. The summed E-state index contributed by atoms with van der Waals surface area (Å²) in [6, 6.07) is 0. The van der Waals surface area contributed by atoms with Crippen LogP contribution in [-0.4, -0.2) is 54.2 Å². The van der Waals surface area contributed by atoms with Crippen LogP contribution in [0.15, 0.2) is 9.59 Å². The van der Waals surface area contributed by atoms with Crippen LogP contribution in [0.5, 0.6) is 0 Å². The molecule has 0 unspecified atom stereocenters. The average Bonchev–Trinajstić information content (AvgIpc) is 2.96. The Bertz CT molecular complexity index is 874. The van der Waals surface area contributed by atoms with E-state index in [1.54, 1.807) is 23.4 Å². The minimum absolute atomic E-state index is 0.246. The molecule has 23 heavy (non-hydrogen) atoms. The maximum absolute atomic E-state index is 12.5. The molecule has 3 rings (SSSR count). The van der Waals surface area contributed by atoms with Crippen LogP contribution in [-0.2, 0) is 20.6 Å². The second kappa shape index (κ2) is 5.20. The maximum atomic E-state index is 12.5. The van der Waals surface area contributed by atoms with Gasteiger partial charge in [0, 0.05) is 27.2 Å². The summed E-state index contributed by atoms with van der Waals surface area (Å²) in [6.45, 7) is 2.45. The number of hydrogen-bond donors (Lipinski definition) is 2. The van der Waals surface area contributed by atoms with E-state index < -0.39 is 16.8 Å². The molecule has 126 valence electrons. The number of aromatic nitrogens is 4. The van der Waals surface area contributed by atoms with Crippen LogP contribution in [0.1, 0.15) is 13.3 Å². The lowest BCUT2D eigenvalue weighted by Gasteiger charge is -2.41. The Labute approximate surface area is 132 Å². The second-order valence-corrected chi connectivity index (χ2v) is 6.26. The number of nitrogens with zero attached hydrogens (tertiary/aromatic N) is 5. The molecule has 0 aromatic carbocycles. The van der Waals surface area contributed by atoms with Gasteiger partial charge in [0.05, 0.1) is 18.8 Å². The van der Waals surface area contributed by atoms with Crippen molar-refractivity contribution in [2.24, 2.45) is 14.1 Å². The lowest BCUT2D eigenvalue weighted by molar-refractivity contribution is 0.122. The summed E-state index contributed by atoms with van der Waals surface area (Å²) < 4.78 is 4.17. The molecule has 0 amide bonds. The highest BCUT2D eigenvalue weighted by Crippen LogP contribution is 2.29. The molecule has 1 aliphatic heterocycles. The third kappa shape index (κ3) is 2.03. The second-order valence-electron chi connectivity index (χ2n) is 6.26. The molecule has 2 N–H and O–H groups in total. The number of fused-ring (bicyclic) bond motifs is 3. The topological polar surface area (TPSA) is 106 Å². The first-order chi connectivity index (χ1) is 10.9. The smallest absolute Gasteiger partial charge is 0.332 e. The van der Waals surface area contributed by atoms with Gasteiger partial charge in [0.1, 0.15) is 0 Å². The minimum Gasteiger partial charge on any atom is -0.394 e. The Hall–Kier alpha value is -2.13. The Morgan fingerprint density at radius 2 is 1.78 bits per heavy atom. The SMILES string of the molecule is Cn1c(=O)c2c(nc3n2CCCN3C(C)(CO)CO)n(C)c1=O. The number of anilines is 1. The van der Waals surface area contributed by atoms with Crippen molar-refractivity contribution in [3.8, 4) is 0 Å². The van der Waals surface area contributed by atoms with Crippen molar-refractivity contribution in [2.75, 3.05) is 24.7 Å². The van der Waals surface area contributed by atoms with Crippen molar-refractivity contribution in [1.82, 2.24) is 18.7 Å². The van der Waals surface area contributed by atoms with Gasteiger partial charge in [-0.1, -0.05) is 0 Å². The fourth-order valence-electron chi connectivity index (χ4n) is 3.07. The molecule has 0 saturated carbocycles. The average molecular weight is 323 g/mol. The molecular formula is C14H21N5O4. The van der Waals surface area contributed by atoms with Crippen molar-refractivity contribution in [1.29, 1.82) is 0 Å². The van der Waals surface area contributed by atoms with Crippen molar-refractivity contribution >= 4 is 17.1 Å². The number of rotatable bonds is 3. The van der Waals surface area contributed by atoms with Gasteiger partial charge in [-0.3, -0.25) is 13.9 Å². The van der Waals surface area contributed by atoms with E-state index in [1.807, 2.05) is 0 Å². The third-order valence-electron chi connectivity index (χ3n) is 4.67. The van der Waals surface area contributed by atoms with Crippen LogP contribution >= 0.6 is 0 Å². The monoisotopic (exact) mass is 323 g/mol. The summed E-state index contributed by atoms with van der Waals surface area (Å²) in [6.07, 6.45) is 0.750. The zero-order valence-electron chi connectivity index (χ0n) is 13.5. The molecule has 0 saturated heterocycles. The number of aryl methyl sites for hydroxylation is 2. The van der Waals surface area contributed by atoms with Gasteiger partial charge < -0.3 is 19.7 Å². The van der Waals surface area contributed by atoms with Crippen LogP contribution < -0.4 is 16.1 Å². The highest BCUT2D eigenvalue weighted by Gasteiger charge is 2.36. The van der Waals surface area contributed by atoms with E-state index in [9.17, 15) is 19.8 Å². The van der Waals surface area contributed by atoms with Gasteiger partial charge in [-0.15, -0.1) is 0 Å². The summed E-state index contributed by atoms with van der Waals surface area (Å²) in [5.74, 6) is 0.496.